The second-order valence-corrected chi connectivity index (χ2v) is 11.6. The zero-order chi connectivity index (χ0) is 28.6. The average Bonchev–Trinajstić information content (AvgIpc) is 2.90. The van der Waals surface area contributed by atoms with Gasteiger partial charge in [0.25, 0.3) is 0 Å². The van der Waals surface area contributed by atoms with Crippen LogP contribution in [-0.2, 0) is 29.1 Å². The van der Waals surface area contributed by atoms with E-state index in [9.17, 15) is 14.7 Å². The van der Waals surface area contributed by atoms with Crippen LogP contribution >= 0.6 is 23.2 Å². The number of hydrogen-bond donors (Lipinski definition) is 1. The number of benzene rings is 3. The van der Waals surface area contributed by atoms with Crippen LogP contribution in [-0.4, -0.2) is 40.3 Å². The van der Waals surface area contributed by atoms with E-state index in [1.165, 1.54) is 4.90 Å². The number of amides is 1. The van der Waals surface area contributed by atoms with Crippen LogP contribution in [0.1, 0.15) is 49.1 Å². The lowest BCUT2D eigenvalue weighted by Gasteiger charge is -2.36. The minimum absolute atomic E-state index is 0.0907. The average molecular weight is 586 g/mol. The van der Waals surface area contributed by atoms with Gasteiger partial charge < -0.3 is 24.1 Å². The zero-order valence-corrected chi connectivity index (χ0v) is 23.8. The molecule has 2 aliphatic rings. The minimum Gasteiger partial charge on any atom is -0.489 e. The van der Waals surface area contributed by atoms with Crippen molar-refractivity contribution in [3.05, 3.63) is 86.9 Å². The fourth-order valence-electron chi connectivity index (χ4n) is 4.62. The summed E-state index contributed by atoms with van der Waals surface area (Å²) in [7, 11) is 0. The predicted octanol–water partition coefficient (Wildman–Crippen LogP) is 6.83. The van der Waals surface area contributed by atoms with E-state index in [-0.39, 0.29) is 19.1 Å². The highest BCUT2D eigenvalue weighted by Crippen LogP contribution is 2.41. The lowest BCUT2D eigenvalue weighted by molar-refractivity contribution is -0.143. The van der Waals surface area contributed by atoms with Gasteiger partial charge in [-0.3, -0.25) is 4.90 Å². The van der Waals surface area contributed by atoms with Crippen molar-refractivity contribution in [2.24, 2.45) is 0 Å². The summed E-state index contributed by atoms with van der Waals surface area (Å²) in [5.41, 5.74) is 2.66. The number of carbonyl (C=O) groups excluding carboxylic acids is 1. The Morgan fingerprint density at radius 3 is 2.40 bits per heavy atom. The fraction of sp³-hybridized carbons (Fsp3) is 0.333. The summed E-state index contributed by atoms with van der Waals surface area (Å²) in [6.45, 7) is 5.97. The molecule has 0 radical (unpaired) electrons. The molecule has 1 N–H and O–H groups in total. The second kappa shape index (κ2) is 11.1. The number of carboxylic acids is 1. The Morgan fingerprint density at radius 2 is 1.73 bits per heavy atom. The molecule has 1 amide bonds. The number of rotatable bonds is 5. The summed E-state index contributed by atoms with van der Waals surface area (Å²) >= 11 is 12.1. The van der Waals surface area contributed by atoms with Crippen molar-refractivity contribution in [2.75, 3.05) is 6.61 Å². The van der Waals surface area contributed by atoms with Crippen molar-refractivity contribution in [3.8, 4) is 17.2 Å². The van der Waals surface area contributed by atoms with Gasteiger partial charge in [-0.1, -0.05) is 41.4 Å². The van der Waals surface area contributed by atoms with Crippen molar-refractivity contribution in [1.29, 1.82) is 0 Å². The second-order valence-electron chi connectivity index (χ2n) is 10.8. The highest BCUT2D eigenvalue weighted by atomic mass is 35.5. The Labute approximate surface area is 242 Å². The number of fused-ring (bicyclic) bond motifs is 2. The van der Waals surface area contributed by atoms with E-state index < -0.39 is 23.7 Å². The molecule has 0 fully saturated rings. The third-order valence-electron chi connectivity index (χ3n) is 6.61. The van der Waals surface area contributed by atoms with Crippen molar-refractivity contribution >= 4 is 35.3 Å². The number of ether oxygens (including phenoxy) is 4. The topological polar surface area (TPSA) is 94.5 Å². The molecule has 10 heteroatoms. The molecule has 0 bridgehead atoms. The molecule has 2 heterocycles. The molecule has 8 nitrogen and oxygen atoms in total. The third-order valence-corrected chi connectivity index (χ3v) is 7.35. The summed E-state index contributed by atoms with van der Waals surface area (Å²) in [5.74, 6) is 0.686. The Bertz CT molecular complexity index is 1440. The van der Waals surface area contributed by atoms with E-state index in [1.807, 2.05) is 42.5 Å². The van der Waals surface area contributed by atoms with E-state index in [0.717, 1.165) is 22.3 Å². The van der Waals surface area contributed by atoms with Crippen LogP contribution in [0.2, 0.25) is 10.0 Å². The minimum atomic E-state index is -1.09. The Hall–Kier alpha value is -3.62. The van der Waals surface area contributed by atoms with E-state index in [4.69, 9.17) is 42.1 Å². The zero-order valence-electron chi connectivity index (χ0n) is 22.3. The lowest BCUT2D eigenvalue weighted by atomic mass is 9.93. The van der Waals surface area contributed by atoms with Gasteiger partial charge in [-0.15, -0.1) is 0 Å². The van der Waals surface area contributed by atoms with Gasteiger partial charge in [-0.25, -0.2) is 9.59 Å². The Morgan fingerprint density at radius 1 is 1.00 bits per heavy atom. The molecule has 2 aliphatic heterocycles. The molecule has 3 aromatic carbocycles. The number of hydrogen-bond acceptors (Lipinski definition) is 6. The Balaban J connectivity index is 1.28. The summed E-state index contributed by atoms with van der Waals surface area (Å²) < 4.78 is 23.6. The summed E-state index contributed by atoms with van der Waals surface area (Å²) in [5, 5.41) is 10.8. The summed E-state index contributed by atoms with van der Waals surface area (Å²) in [6.07, 6.45) is -0.875. The summed E-state index contributed by atoms with van der Waals surface area (Å²) in [4.78, 5) is 26.0. The van der Waals surface area contributed by atoms with Gasteiger partial charge in [-0.2, -0.15) is 0 Å². The molecule has 0 spiro atoms. The Kier molecular flexibility index (Phi) is 7.75. The van der Waals surface area contributed by atoms with Crippen molar-refractivity contribution in [1.82, 2.24) is 4.90 Å². The monoisotopic (exact) mass is 585 g/mol. The smallest absolute Gasteiger partial charge is 0.411 e. The van der Waals surface area contributed by atoms with E-state index >= 15 is 0 Å². The first-order valence-corrected chi connectivity index (χ1v) is 13.6. The van der Waals surface area contributed by atoms with Gasteiger partial charge in [0.1, 0.15) is 30.6 Å². The van der Waals surface area contributed by atoms with Gasteiger partial charge in [-0.05, 0) is 79.4 Å². The molecule has 0 saturated heterocycles. The van der Waals surface area contributed by atoms with Crippen LogP contribution in [0.25, 0.3) is 0 Å². The predicted molar refractivity (Wildman–Crippen MR) is 149 cm³/mol. The van der Waals surface area contributed by atoms with Gasteiger partial charge in [0.15, 0.2) is 17.6 Å². The highest BCUT2D eigenvalue weighted by molar-refractivity contribution is 6.42. The molecule has 2 atom stereocenters. The molecule has 40 heavy (non-hydrogen) atoms. The first kappa shape index (κ1) is 27.9. The van der Waals surface area contributed by atoms with Gasteiger partial charge in [0, 0.05) is 6.42 Å². The van der Waals surface area contributed by atoms with Crippen LogP contribution in [0.15, 0.2) is 54.6 Å². The van der Waals surface area contributed by atoms with Crippen LogP contribution in [0.5, 0.6) is 17.2 Å². The number of nitrogens with zero attached hydrogens (tertiary/aromatic N) is 1. The van der Waals surface area contributed by atoms with Gasteiger partial charge >= 0.3 is 12.1 Å². The fourth-order valence-corrected chi connectivity index (χ4v) is 4.94. The van der Waals surface area contributed by atoms with Gasteiger partial charge in [0.05, 0.1) is 16.6 Å². The normalized spacial score (nSPS) is 18.1. The van der Waals surface area contributed by atoms with E-state index in [1.54, 1.807) is 32.9 Å². The largest absolute Gasteiger partial charge is 0.489 e. The lowest BCUT2D eigenvalue weighted by Crippen LogP contribution is -2.50. The molecule has 3 aromatic rings. The molecule has 210 valence electrons. The number of halogens is 2. The number of carbonyl (C=O) groups is 2. The van der Waals surface area contributed by atoms with E-state index in [0.29, 0.717) is 40.5 Å². The maximum absolute atomic E-state index is 12.8. The molecule has 0 unspecified atom stereocenters. The van der Waals surface area contributed by atoms with Crippen molar-refractivity contribution in [3.63, 3.8) is 0 Å². The molecular weight excluding hydrogens is 557 g/mol. The molecule has 5 rings (SSSR count). The van der Waals surface area contributed by atoms with Crippen LogP contribution in [0.4, 0.5) is 4.79 Å². The van der Waals surface area contributed by atoms with Crippen LogP contribution < -0.4 is 14.2 Å². The number of carboxylic acid groups (broad SMARTS) is 1. The van der Waals surface area contributed by atoms with Gasteiger partial charge in [0.2, 0.25) is 0 Å². The quantitative estimate of drug-likeness (QED) is 0.350. The standard InChI is InChI=1S/C30H29Cl2NO7/c1-30(2,3)40-29(36)33-14-20-13-26-25(12-19(20)11-24(33)28(34)35)38-16-27(39-26)18-5-7-21(8-6-18)37-15-17-4-9-22(31)23(32)10-17/h4-10,12-13,24,27H,11,14-16H2,1-3H3,(H,34,35)/t24-,27-/m0/s1. The summed E-state index contributed by atoms with van der Waals surface area (Å²) in [6, 6.07) is 15.5. The molecule has 0 aromatic heterocycles. The first-order valence-electron chi connectivity index (χ1n) is 12.8. The van der Waals surface area contributed by atoms with E-state index in [2.05, 4.69) is 0 Å². The highest BCUT2D eigenvalue weighted by Gasteiger charge is 2.38. The first-order chi connectivity index (χ1) is 19.0. The maximum Gasteiger partial charge on any atom is 0.411 e. The number of aliphatic carboxylic acids is 1. The van der Waals surface area contributed by atoms with Crippen LogP contribution in [0, 0.1) is 0 Å². The van der Waals surface area contributed by atoms with Crippen LogP contribution in [0.3, 0.4) is 0 Å². The molecular formula is C30H29Cl2NO7. The maximum atomic E-state index is 12.8. The SMILES string of the molecule is CC(C)(C)OC(=O)N1Cc2cc3c(cc2C[C@H]1C(=O)O)OC[C@@H](c1ccc(OCc2ccc(Cl)c(Cl)c2)cc1)O3. The third kappa shape index (κ3) is 6.24. The molecule has 0 aliphatic carbocycles. The van der Waals surface area contributed by atoms with Crippen molar-refractivity contribution < 1.29 is 33.6 Å². The van der Waals surface area contributed by atoms with Crippen molar-refractivity contribution in [2.45, 2.75) is 58.1 Å². The molecule has 0 saturated carbocycles.